The molecule has 0 saturated heterocycles. The Morgan fingerprint density at radius 3 is 2.79 bits per heavy atom. The number of hydrogen-bond donors (Lipinski definition) is 3. The lowest BCUT2D eigenvalue weighted by molar-refractivity contribution is -0.141. The number of aromatic amines is 1. The van der Waals surface area contributed by atoms with Gasteiger partial charge in [0.25, 0.3) is 5.91 Å². The molecule has 0 radical (unpaired) electrons. The number of amides is 1. The van der Waals surface area contributed by atoms with Crippen LogP contribution in [0, 0.1) is 5.92 Å². The topological polar surface area (TPSA) is 95.1 Å². The van der Waals surface area contributed by atoms with Crippen molar-refractivity contribution < 1.29 is 14.7 Å². The van der Waals surface area contributed by atoms with Crippen LogP contribution in [-0.4, -0.2) is 33.2 Å². The average Bonchev–Trinajstić information content (AvgIpc) is 2.84. The molecule has 2 unspecified atom stereocenters. The highest BCUT2D eigenvalue weighted by Crippen LogP contribution is 2.13. The monoisotopic (exact) mass is 261 g/mol. The van der Waals surface area contributed by atoms with E-state index in [1.165, 1.54) is 0 Å². The first-order valence-electron chi connectivity index (χ1n) is 5.96. The van der Waals surface area contributed by atoms with Crippen molar-refractivity contribution in [1.29, 1.82) is 0 Å². The van der Waals surface area contributed by atoms with Crippen LogP contribution in [0.5, 0.6) is 0 Å². The number of aromatic nitrogens is 2. The smallest absolute Gasteiger partial charge is 0.308 e. The zero-order chi connectivity index (χ0) is 14.0. The first kappa shape index (κ1) is 13.1. The number of rotatable bonds is 4. The minimum Gasteiger partial charge on any atom is -0.481 e. The van der Waals surface area contributed by atoms with Gasteiger partial charge in [0.1, 0.15) is 0 Å². The molecule has 1 aromatic carbocycles. The van der Waals surface area contributed by atoms with Gasteiger partial charge in [-0.25, -0.2) is 0 Å². The third kappa shape index (κ3) is 2.73. The van der Waals surface area contributed by atoms with E-state index in [4.69, 9.17) is 5.11 Å². The van der Waals surface area contributed by atoms with Crippen molar-refractivity contribution in [2.24, 2.45) is 5.92 Å². The van der Waals surface area contributed by atoms with E-state index < -0.39 is 17.9 Å². The van der Waals surface area contributed by atoms with E-state index >= 15 is 0 Å². The van der Waals surface area contributed by atoms with Crippen molar-refractivity contribution in [2.45, 2.75) is 19.9 Å². The second-order valence-electron chi connectivity index (χ2n) is 4.56. The molecule has 0 bridgehead atoms. The van der Waals surface area contributed by atoms with Crippen LogP contribution in [0.15, 0.2) is 24.4 Å². The van der Waals surface area contributed by atoms with E-state index in [-0.39, 0.29) is 5.91 Å². The van der Waals surface area contributed by atoms with Crippen molar-refractivity contribution in [3.05, 3.63) is 30.0 Å². The van der Waals surface area contributed by atoms with Gasteiger partial charge in [0, 0.05) is 17.0 Å². The molecule has 0 aliphatic heterocycles. The summed E-state index contributed by atoms with van der Waals surface area (Å²) in [7, 11) is 0. The van der Waals surface area contributed by atoms with Crippen molar-refractivity contribution in [3.8, 4) is 0 Å². The number of nitrogens with zero attached hydrogens (tertiary/aromatic N) is 1. The van der Waals surface area contributed by atoms with Crippen LogP contribution in [0.2, 0.25) is 0 Å². The Morgan fingerprint density at radius 2 is 2.11 bits per heavy atom. The predicted molar refractivity (Wildman–Crippen MR) is 69.8 cm³/mol. The minimum absolute atomic E-state index is 0.288. The fourth-order valence-electron chi connectivity index (χ4n) is 1.71. The zero-order valence-corrected chi connectivity index (χ0v) is 10.7. The lowest BCUT2D eigenvalue weighted by atomic mass is 10.0. The Bertz CT molecular complexity index is 620. The van der Waals surface area contributed by atoms with Gasteiger partial charge in [-0.15, -0.1) is 0 Å². The van der Waals surface area contributed by atoms with Crippen LogP contribution in [0.1, 0.15) is 24.2 Å². The molecule has 19 heavy (non-hydrogen) atoms. The lowest BCUT2D eigenvalue weighted by Gasteiger charge is -2.17. The highest BCUT2D eigenvalue weighted by Gasteiger charge is 2.21. The first-order chi connectivity index (χ1) is 8.99. The standard InChI is InChI=1S/C13H15N3O3/c1-7(13(18)19)8(2)15-12(17)9-3-4-11-10(5-9)6-14-16-11/h3-8H,1-2H3,(H,14,16)(H,15,17)(H,18,19). The summed E-state index contributed by atoms with van der Waals surface area (Å²) >= 11 is 0. The number of carboxylic acids is 1. The summed E-state index contributed by atoms with van der Waals surface area (Å²) < 4.78 is 0. The number of carboxylic acid groups (broad SMARTS) is 1. The van der Waals surface area contributed by atoms with E-state index in [1.54, 1.807) is 38.2 Å². The first-order valence-corrected chi connectivity index (χ1v) is 5.96. The molecule has 0 saturated carbocycles. The molecule has 2 aromatic rings. The van der Waals surface area contributed by atoms with Crippen molar-refractivity contribution in [2.75, 3.05) is 0 Å². The van der Waals surface area contributed by atoms with Crippen LogP contribution in [-0.2, 0) is 4.79 Å². The molecule has 1 amide bonds. The molecule has 2 rings (SSSR count). The Hall–Kier alpha value is -2.37. The van der Waals surface area contributed by atoms with Gasteiger partial charge in [0.2, 0.25) is 0 Å². The predicted octanol–water partition coefficient (Wildman–Crippen LogP) is 1.40. The number of aliphatic carboxylic acids is 1. The Kier molecular flexibility index (Phi) is 3.50. The van der Waals surface area contributed by atoms with Gasteiger partial charge in [0.05, 0.1) is 17.6 Å². The normalized spacial score (nSPS) is 14.0. The molecule has 1 aromatic heterocycles. The van der Waals surface area contributed by atoms with Gasteiger partial charge in [-0.3, -0.25) is 14.7 Å². The number of benzene rings is 1. The summed E-state index contributed by atoms with van der Waals surface area (Å²) in [5, 5.41) is 19.1. The van der Waals surface area contributed by atoms with Crippen LogP contribution in [0.25, 0.3) is 10.9 Å². The highest BCUT2D eigenvalue weighted by molar-refractivity contribution is 5.98. The number of nitrogens with one attached hydrogen (secondary N) is 2. The fraction of sp³-hybridized carbons (Fsp3) is 0.308. The fourth-order valence-corrected chi connectivity index (χ4v) is 1.71. The number of H-pyrrole nitrogens is 1. The summed E-state index contributed by atoms with van der Waals surface area (Å²) in [6, 6.07) is 4.72. The minimum atomic E-state index is -0.932. The maximum Gasteiger partial charge on any atom is 0.308 e. The van der Waals surface area contributed by atoms with Crippen molar-refractivity contribution in [3.63, 3.8) is 0 Å². The van der Waals surface area contributed by atoms with Gasteiger partial charge in [-0.1, -0.05) is 0 Å². The molecule has 1 heterocycles. The van der Waals surface area contributed by atoms with Gasteiger partial charge < -0.3 is 10.4 Å². The Morgan fingerprint density at radius 1 is 1.37 bits per heavy atom. The zero-order valence-electron chi connectivity index (χ0n) is 10.7. The second-order valence-corrected chi connectivity index (χ2v) is 4.56. The summed E-state index contributed by atoms with van der Waals surface area (Å²) in [6.45, 7) is 3.24. The molecule has 6 nitrogen and oxygen atoms in total. The molecule has 3 N–H and O–H groups in total. The quantitative estimate of drug-likeness (QED) is 0.775. The summed E-state index contributed by atoms with van der Waals surface area (Å²) in [5.41, 5.74) is 1.34. The Labute approximate surface area is 109 Å². The molecule has 6 heteroatoms. The van der Waals surface area contributed by atoms with Crippen LogP contribution < -0.4 is 5.32 Å². The largest absolute Gasteiger partial charge is 0.481 e. The summed E-state index contributed by atoms with van der Waals surface area (Å²) in [6.07, 6.45) is 1.63. The summed E-state index contributed by atoms with van der Waals surface area (Å²) in [5.74, 6) is -1.86. The van der Waals surface area contributed by atoms with Crippen LogP contribution >= 0.6 is 0 Å². The molecule has 100 valence electrons. The second kappa shape index (κ2) is 5.09. The Balaban J connectivity index is 2.13. The average molecular weight is 261 g/mol. The van der Waals surface area contributed by atoms with E-state index in [0.717, 1.165) is 10.9 Å². The molecular formula is C13H15N3O3. The van der Waals surface area contributed by atoms with Gasteiger partial charge >= 0.3 is 5.97 Å². The number of carbonyl (C=O) groups is 2. The van der Waals surface area contributed by atoms with E-state index in [1.807, 2.05) is 0 Å². The van der Waals surface area contributed by atoms with Gasteiger partial charge in [-0.05, 0) is 32.0 Å². The molecule has 0 spiro atoms. The third-order valence-corrected chi connectivity index (χ3v) is 3.20. The molecule has 2 atom stereocenters. The molecule has 0 fully saturated rings. The SMILES string of the molecule is CC(NC(=O)c1ccc2[nH]ncc2c1)C(C)C(=O)O. The van der Waals surface area contributed by atoms with Crippen molar-refractivity contribution >= 4 is 22.8 Å². The number of hydrogen-bond acceptors (Lipinski definition) is 3. The lowest BCUT2D eigenvalue weighted by Crippen LogP contribution is -2.40. The van der Waals surface area contributed by atoms with Crippen LogP contribution in [0.3, 0.4) is 0 Å². The number of carbonyl (C=O) groups excluding carboxylic acids is 1. The molecule has 0 aliphatic rings. The highest BCUT2D eigenvalue weighted by atomic mass is 16.4. The van der Waals surface area contributed by atoms with E-state index in [9.17, 15) is 9.59 Å². The molecular weight excluding hydrogens is 246 g/mol. The van der Waals surface area contributed by atoms with Gasteiger partial charge in [-0.2, -0.15) is 5.10 Å². The van der Waals surface area contributed by atoms with E-state index in [0.29, 0.717) is 5.56 Å². The van der Waals surface area contributed by atoms with Crippen LogP contribution in [0.4, 0.5) is 0 Å². The number of fused-ring (bicyclic) bond motifs is 1. The maximum atomic E-state index is 12.0. The van der Waals surface area contributed by atoms with Gasteiger partial charge in [0.15, 0.2) is 0 Å². The molecule has 0 aliphatic carbocycles. The van der Waals surface area contributed by atoms with Crippen molar-refractivity contribution in [1.82, 2.24) is 15.5 Å². The maximum absolute atomic E-state index is 12.0. The third-order valence-electron chi connectivity index (χ3n) is 3.20. The summed E-state index contributed by atoms with van der Waals surface area (Å²) in [4.78, 5) is 22.8. The van der Waals surface area contributed by atoms with E-state index in [2.05, 4.69) is 15.5 Å².